The zero-order chi connectivity index (χ0) is 13.1. The summed E-state index contributed by atoms with van der Waals surface area (Å²) < 4.78 is 10.2. The van der Waals surface area contributed by atoms with Crippen LogP contribution in [0.4, 0.5) is 0 Å². The second-order valence-corrected chi connectivity index (χ2v) is 3.66. The number of hydrogen-bond acceptors (Lipinski definition) is 6. The van der Waals surface area contributed by atoms with Crippen LogP contribution in [0.5, 0.6) is 11.8 Å². The van der Waals surface area contributed by atoms with Crippen LogP contribution in [-0.2, 0) is 0 Å². The Morgan fingerprint density at radius 1 is 1.00 bits per heavy atom. The molecule has 6 nitrogen and oxygen atoms in total. The molecule has 0 amide bonds. The average Bonchev–Trinajstić information content (AvgIpc) is 2.41. The molecule has 0 spiro atoms. The van der Waals surface area contributed by atoms with E-state index >= 15 is 0 Å². The normalized spacial score (nSPS) is 10.2. The van der Waals surface area contributed by atoms with Crippen LogP contribution in [0.3, 0.4) is 0 Å². The summed E-state index contributed by atoms with van der Waals surface area (Å²) in [5.41, 5.74) is 2.37. The minimum atomic E-state index is 0.424. The average molecular weight is 245 g/mol. The molecule has 0 aromatic carbocycles. The number of rotatable bonds is 3. The third-order valence-corrected chi connectivity index (χ3v) is 2.59. The van der Waals surface area contributed by atoms with Crippen LogP contribution >= 0.6 is 0 Å². The molecule has 2 aromatic rings. The lowest BCUT2D eigenvalue weighted by atomic mass is 10.2. The van der Waals surface area contributed by atoms with Gasteiger partial charge in [0.2, 0.25) is 11.8 Å². The first-order valence-electron chi connectivity index (χ1n) is 5.34. The lowest BCUT2D eigenvalue weighted by Crippen LogP contribution is -2.01. The first-order chi connectivity index (χ1) is 8.65. The van der Waals surface area contributed by atoms with Crippen LogP contribution in [0.15, 0.2) is 6.07 Å². The molecule has 93 valence electrons. The van der Waals surface area contributed by atoms with Crippen molar-refractivity contribution < 1.29 is 9.47 Å². The van der Waals surface area contributed by atoms with E-state index in [-0.39, 0.29) is 0 Å². The van der Waals surface area contributed by atoms with Gasteiger partial charge in [-0.25, -0.2) is 9.97 Å². The first kappa shape index (κ1) is 12.2. The summed E-state index contributed by atoms with van der Waals surface area (Å²) in [6.07, 6.45) is 2.58. The summed E-state index contributed by atoms with van der Waals surface area (Å²) in [7, 11) is 3.07. The third-order valence-electron chi connectivity index (χ3n) is 2.59. The fourth-order valence-corrected chi connectivity index (χ4v) is 1.43. The number of nitrogens with zero attached hydrogens (tertiary/aromatic N) is 4. The molecule has 0 unspecified atom stereocenters. The van der Waals surface area contributed by atoms with Crippen molar-refractivity contribution in [3.05, 3.63) is 23.7 Å². The van der Waals surface area contributed by atoms with Crippen molar-refractivity contribution in [2.75, 3.05) is 14.2 Å². The van der Waals surface area contributed by atoms with Crippen molar-refractivity contribution >= 4 is 0 Å². The predicted molar refractivity (Wildman–Crippen MR) is 64.5 cm³/mol. The molecule has 2 aromatic heterocycles. The van der Waals surface area contributed by atoms with E-state index in [4.69, 9.17) is 9.47 Å². The SMILES string of the molecule is COc1cc(OC)nc(-c2n[c]nc(C)c2C)n1. The minimum absolute atomic E-state index is 0.424. The van der Waals surface area contributed by atoms with E-state index in [2.05, 4.69) is 26.3 Å². The van der Waals surface area contributed by atoms with Crippen molar-refractivity contribution in [3.8, 4) is 23.3 Å². The van der Waals surface area contributed by atoms with Gasteiger partial charge in [0.25, 0.3) is 0 Å². The molecule has 0 bridgehead atoms. The van der Waals surface area contributed by atoms with Crippen molar-refractivity contribution in [3.63, 3.8) is 0 Å². The zero-order valence-corrected chi connectivity index (χ0v) is 10.7. The maximum Gasteiger partial charge on any atom is 0.220 e. The van der Waals surface area contributed by atoms with Crippen molar-refractivity contribution in [2.45, 2.75) is 13.8 Å². The van der Waals surface area contributed by atoms with E-state index in [9.17, 15) is 0 Å². The van der Waals surface area contributed by atoms with Gasteiger partial charge in [0.1, 0.15) is 5.69 Å². The highest BCUT2D eigenvalue weighted by Gasteiger charge is 2.13. The quantitative estimate of drug-likeness (QED) is 0.813. The fourth-order valence-electron chi connectivity index (χ4n) is 1.43. The molecule has 0 saturated carbocycles. The Bertz CT molecular complexity index is 550. The van der Waals surface area contributed by atoms with Gasteiger partial charge in [-0.2, -0.15) is 9.97 Å². The summed E-state index contributed by atoms with van der Waals surface area (Å²) in [6, 6.07) is 1.61. The Balaban J connectivity index is 2.59. The van der Waals surface area contributed by atoms with E-state index in [1.807, 2.05) is 13.8 Å². The topological polar surface area (TPSA) is 70.0 Å². The molecule has 0 aliphatic rings. The lowest BCUT2D eigenvalue weighted by molar-refractivity contribution is 0.372. The van der Waals surface area contributed by atoms with E-state index in [1.165, 1.54) is 14.2 Å². The summed E-state index contributed by atoms with van der Waals surface area (Å²) >= 11 is 0. The molecule has 1 radical (unpaired) electrons. The predicted octanol–water partition coefficient (Wildman–Crippen LogP) is 1.37. The molecule has 2 rings (SSSR count). The number of aryl methyl sites for hydroxylation is 1. The van der Waals surface area contributed by atoms with Gasteiger partial charge in [0, 0.05) is 5.69 Å². The van der Waals surface area contributed by atoms with Crippen LogP contribution in [-0.4, -0.2) is 34.2 Å². The van der Waals surface area contributed by atoms with Crippen LogP contribution in [0.2, 0.25) is 0 Å². The van der Waals surface area contributed by atoms with Gasteiger partial charge in [-0.15, -0.1) is 0 Å². The molecule has 0 aliphatic heterocycles. The van der Waals surface area contributed by atoms with Crippen LogP contribution in [0.1, 0.15) is 11.3 Å². The fraction of sp³-hybridized carbons (Fsp3) is 0.333. The maximum absolute atomic E-state index is 5.10. The summed E-state index contributed by atoms with van der Waals surface area (Å²) in [5, 5.41) is 0. The number of methoxy groups -OCH3 is 2. The van der Waals surface area contributed by atoms with E-state index < -0.39 is 0 Å². The van der Waals surface area contributed by atoms with E-state index in [0.29, 0.717) is 23.3 Å². The molecular formula is C12H13N4O2. The second-order valence-electron chi connectivity index (χ2n) is 3.66. The van der Waals surface area contributed by atoms with Gasteiger partial charge in [-0.3, -0.25) is 0 Å². The molecule has 0 atom stereocenters. The lowest BCUT2D eigenvalue weighted by Gasteiger charge is -2.08. The molecule has 2 heterocycles. The number of aromatic nitrogens is 4. The second kappa shape index (κ2) is 4.95. The highest BCUT2D eigenvalue weighted by Crippen LogP contribution is 2.23. The van der Waals surface area contributed by atoms with Crippen molar-refractivity contribution in [2.24, 2.45) is 0 Å². The standard InChI is InChI=1S/C12H13N4O2/c1-7-8(2)13-6-14-11(7)12-15-9(17-3)5-10(16-12)18-4/h5H,1-4H3. The molecule has 18 heavy (non-hydrogen) atoms. The summed E-state index contributed by atoms with van der Waals surface area (Å²) in [6.45, 7) is 3.79. The summed E-state index contributed by atoms with van der Waals surface area (Å²) in [5.74, 6) is 1.28. The van der Waals surface area contributed by atoms with Gasteiger partial charge in [0.15, 0.2) is 12.2 Å². The smallest absolute Gasteiger partial charge is 0.220 e. The van der Waals surface area contributed by atoms with Crippen molar-refractivity contribution in [1.82, 2.24) is 19.9 Å². The van der Waals surface area contributed by atoms with Crippen molar-refractivity contribution in [1.29, 1.82) is 0 Å². The Kier molecular flexibility index (Phi) is 3.36. The van der Waals surface area contributed by atoms with Crippen LogP contribution in [0, 0.1) is 20.2 Å². The third kappa shape index (κ3) is 2.22. The molecule has 0 saturated heterocycles. The van der Waals surface area contributed by atoms with Gasteiger partial charge in [0.05, 0.1) is 20.3 Å². The largest absolute Gasteiger partial charge is 0.481 e. The van der Waals surface area contributed by atoms with Gasteiger partial charge in [-0.1, -0.05) is 0 Å². The van der Waals surface area contributed by atoms with E-state index in [1.54, 1.807) is 6.07 Å². The minimum Gasteiger partial charge on any atom is -0.481 e. The highest BCUT2D eigenvalue weighted by molar-refractivity contribution is 5.56. The highest BCUT2D eigenvalue weighted by atomic mass is 16.5. The summed E-state index contributed by atoms with van der Waals surface area (Å²) in [4.78, 5) is 16.6. The molecule has 0 N–H and O–H groups in total. The Labute approximate surface area is 105 Å². The number of ether oxygens (including phenoxy) is 2. The van der Waals surface area contributed by atoms with Crippen LogP contribution in [0.25, 0.3) is 11.5 Å². The Morgan fingerprint density at radius 3 is 2.17 bits per heavy atom. The first-order valence-corrected chi connectivity index (χ1v) is 5.34. The molecule has 0 fully saturated rings. The molecular weight excluding hydrogens is 232 g/mol. The monoisotopic (exact) mass is 245 g/mol. The van der Waals surface area contributed by atoms with Gasteiger partial charge in [-0.05, 0) is 19.4 Å². The number of hydrogen-bond donors (Lipinski definition) is 0. The van der Waals surface area contributed by atoms with E-state index in [0.717, 1.165) is 11.3 Å². The Morgan fingerprint density at radius 2 is 1.61 bits per heavy atom. The molecule has 6 heteroatoms. The molecule has 0 aliphatic carbocycles. The van der Waals surface area contributed by atoms with Crippen LogP contribution < -0.4 is 9.47 Å². The van der Waals surface area contributed by atoms with Gasteiger partial charge < -0.3 is 9.47 Å². The maximum atomic E-state index is 5.10. The zero-order valence-electron chi connectivity index (χ0n) is 10.7. The van der Waals surface area contributed by atoms with Gasteiger partial charge >= 0.3 is 0 Å². The Hall–Kier alpha value is -2.24.